The average Bonchev–Trinajstić information content (AvgIpc) is 0.974. The number of aliphatic hydroxyl groups is 1. The number of aliphatic hydroxyl groups excluding tert-OH is 1. The standard InChI is InChI=1S/C25H40O2.C24H36O2.C13H18O.C12H22O.C4H8O.C2HF3O2.CH2Cl2.CH4/c1-4-6-21-12-15-24(16-13-21)25(27)18-17-23(19(3)26)14-11-22-9-7-20(5-2)8-10-22;1-3-5-19-10-13-21(14-11-19)23-17-16-22(24(25)26-23)15-12-20-8-6-18(4-2)7-9-20;1-3-12-7-9-13(10-8-12)6-4-5-11(2)14;1-2-3-10-4-6-11(7-5-10)12-8-9-13-12;1-2-4-5-3-1;3-2(4,5)1(6)7;2-1-3;/h7-10,21,23-25,27H,4-6,11-18H2,1-3H3;6-9,19,21-23H,3-5,10-17H2,1-2H3;7-10H,3-6H2,1-2H3;10-12H,2-9H2,1H3;1-4H2;(H,6,7);1H2;1H4. The molecule has 0 spiro atoms. The number of carboxylic acids is 1. The molecule has 3 saturated carbocycles. The van der Waals surface area contributed by atoms with Crippen LogP contribution in [0.1, 0.15) is 282 Å². The lowest BCUT2D eigenvalue weighted by molar-refractivity contribution is -0.192. The Hall–Kier alpha value is -3.81. The summed E-state index contributed by atoms with van der Waals surface area (Å²) in [5.41, 5.74) is 8.10. The fourth-order valence-electron chi connectivity index (χ4n) is 14.5. The van der Waals surface area contributed by atoms with Crippen molar-refractivity contribution in [2.75, 3.05) is 25.2 Å². The van der Waals surface area contributed by atoms with Crippen molar-refractivity contribution in [2.24, 2.45) is 47.3 Å². The number of ether oxygens (including phenoxy) is 3. The molecule has 9 nitrogen and oxygen atoms in total. The molecular formula is C82H131Cl2F3O9. The monoisotopic (exact) mass is 1390 g/mol. The summed E-state index contributed by atoms with van der Waals surface area (Å²) in [4.78, 5) is 44.2. The van der Waals surface area contributed by atoms with Gasteiger partial charge in [0, 0.05) is 32.2 Å². The van der Waals surface area contributed by atoms with Gasteiger partial charge in [-0.25, -0.2) is 4.79 Å². The molecule has 0 amide bonds. The normalized spacial score (nSPS) is 23.4. The molecular weight excluding hydrogens is 1260 g/mol. The Bertz CT molecular complexity index is 2430. The van der Waals surface area contributed by atoms with E-state index in [0.29, 0.717) is 24.4 Å². The van der Waals surface area contributed by atoms with Crippen LogP contribution in [0.3, 0.4) is 0 Å². The Morgan fingerprint density at radius 2 is 0.927 bits per heavy atom. The number of ketones is 2. The van der Waals surface area contributed by atoms with Gasteiger partial charge in [0.2, 0.25) is 0 Å². The SMILES string of the molecule is C.C1CCOC1.CCCC1CCC(C(O)CCC(CCc2ccc(CC)cc2)C(C)=O)CC1.CCCC1CCC(C2CCC(CCc3ccc(CC)cc3)C(=O)O2)CC1.CCCC1CCC(C2CCO2)CC1.CCc1ccc(CCCC(C)=O)cc1.ClCCl.O=C(O)C(F)(F)F. The van der Waals surface area contributed by atoms with Crippen molar-refractivity contribution in [3.63, 3.8) is 0 Å². The number of aliphatic carboxylic acids is 1. The lowest BCUT2D eigenvalue weighted by atomic mass is 9.75. The van der Waals surface area contributed by atoms with Crippen molar-refractivity contribution in [1.82, 2.24) is 0 Å². The van der Waals surface area contributed by atoms with Crippen LogP contribution in [0.4, 0.5) is 13.2 Å². The number of carboxylic acid groups (broad SMARTS) is 1. The fraction of sp³-hybridized carbons (Fsp3) is 0.732. The first-order valence-electron chi connectivity index (χ1n) is 37.4. The van der Waals surface area contributed by atoms with Crippen LogP contribution in [-0.4, -0.2) is 83.4 Å². The van der Waals surface area contributed by atoms with Gasteiger partial charge in [0.25, 0.3) is 0 Å². The summed E-state index contributed by atoms with van der Waals surface area (Å²) < 4.78 is 48.2. The number of carbonyl (C=O) groups excluding carboxylic acids is 3. The molecule has 3 aromatic carbocycles. The number of rotatable bonds is 26. The van der Waals surface area contributed by atoms with Gasteiger partial charge in [0.15, 0.2) is 0 Å². The topological polar surface area (TPSA) is 136 Å². The van der Waals surface area contributed by atoms with E-state index in [1.165, 1.54) is 168 Å². The maximum Gasteiger partial charge on any atom is 0.490 e. The van der Waals surface area contributed by atoms with E-state index in [1.807, 2.05) is 0 Å². The zero-order valence-electron chi connectivity index (χ0n) is 60.0. The highest BCUT2D eigenvalue weighted by Crippen LogP contribution is 2.40. The van der Waals surface area contributed by atoms with Crippen LogP contribution in [0.2, 0.25) is 0 Å². The van der Waals surface area contributed by atoms with Gasteiger partial charge >= 0.3 is 18.1 Å². The van der Waals surface area contributed by atoms with Crippen LogP contribution in [0.15, 0.2) is 72.8 Å². The molecule has 0 radical (unpaired) electrons. The minimum Gasteiger partial charge on any atom is -0.475 e. The molecule has 548 valence electrons. The summed E-state index contributed by atoms with van der Waals surface area (Å²) in [5, 5.41) is 18.0. The van der Waals surface area contributed by atoms with Gasteiger partial charge in [-0.2, -0.15) is 13.2 Å². The zero-order valence-corrected chi connectivity index (χ0v) is 61.5. The van der Waals surface area contributed by atoms with Gasteiger partial charge in [-0.15, -0.1) is 23.2 Å². The highest BCUT2D eigenvalue weighted by atomic mass is 35.5. The zero-order chi connectivity index (χ0) is 69.8. The van der Waals surface area contributed by atoms with Crippen LogP contribution in [0.25, 0.3) is 0 Å². The molecule has 14 heteroatoms. The molecule has 96 heavy (non-hydrogen) atoms. The predicted octanol–water partition coefficient (Wildman–Crippen LogP) is 22.3. The van der Waals surface area contributed by atoms with E-state index in [0.717, 1.165) is 127 Å². The summed E-state index contributed by atoms with van der Waals surface area (Å²) in [5.74, 6) is 2.90. The number of cyclic esters (lactones) is 1. The number of carbonyl (C=O) groups is 4. The van der Waals surface area contributed by atoms with Crippen molar-refractivity contribution in [3.05, 3.63) is 106 Å². The minimum atomic E-state index is -5.08. The van der Waals surface area contributed by atoms with E-state index >= 15 is 0 Å². The molecule has 2 N–H and O–H groups in total. The largest absolute Gasteiger partial charge is 0.490 e. The van der Waals surface area contributed by atoms with Crippen LogP contribution in [0.5, 0.6) is 0 Å². The van der Waals surface area contributed by atoms with Gasteiger partial charge < -0.3 is 29.2 Å². The molecule has 3 aromatic rings. The Morgan fingerprint density at radius 1 is 0.531 bits per heavy atom. The van der Waals surface area contributed by atoms with Gasteiger partial charge in [-0.05, 0) is 224 Å². The molecule has 0 bridgehead atoms. The van der Waals surface area contributed by atoms with E-state index in [9.17, 15) is 32.7 Å². The summed E-state index contributed by atoms with van der Waals surface area (Å²) in [6.07, 6.45) is 36.9. The number of esters is 1. The molecule has 3 aliphatic carbocycles. The highest BCUT2D eigenvalue weighted by Gasteiger charge is 2.39. The third-order valence-electron chi connectivity index (χ3n) is 20.8. The third kappa shape index (κ3) is 37.6. The van der Waals surface area contributed by atoms with Crippen LogP contribution in [-0.2, 0) is 71.9 Å². The van der Waals surface area contributed by atoms with Gasteiger partial charge in [0.05, 0.1) is 23.5 Å². The van der Waals surface area contributed by atoms with Gasteiger partial charge in [-0.1, -0.05) is 199 Å². The first-order valence-corrected chi connectivity index (χ1v) is 38.5. The number of hydrogen-bond donors (Lipinski definition) is 2. The molecule has 5 atom stereocenters. The first kappa shape index (κ1) is 88.3. The Kier molecular flexibility index (Phi) is 48.0. The number of hydrogen-bond acceptors (Lipinski definition) is 8. The maximum absolute atomic E-state index is 12.5. The maximum atomic E-state index is 12.5. The van der Waals surface area contributed by atoms with Gasteiger partial charge in [0.1, 0.15) is 17.7 Å². The molecule has 9 rings (SSSR count). The van der Waals surface area contributed by atoms with Crippen LogP contribution >= 0.6 is 23.2 Å². The summed E-state index contributed by atoms with van der Waals surface area (Å²) >= 11 is 9.53. The van der Waals surface area contributed by atoms with Crippen LogP contribution < -0.4 is 0 Å². The number of benzene rings is 3. The summed E-state index contributed by atoms with van der Waals surface area (Å²) in [6.45, 7) is 19.8. The Balaban J connectivity index is 0.000000417. The molecule has 6 aliphatic rings. The van der Waals surface area contributed by atoms with E-state index in [-0.39, 0.29) is 54.3 Å². The summed E-state index contributed by atoms with van der Waals surface area (Å²) in [7, 11) is 0. The smallest absolute Gasteiger partial charge is 0.475 e. The quantitative estimate of drug-likeness (QED) is 0.0595. The van der Waals surface area contributed by atoms with Crippen molar-refractivity contribution in [2.45, 2.75) is 312 Å². The first-order chi connectivity index (χ1) is 45.7. The van der Waals surface area contributed by atoms with E-state index in [2.05, 4.69) is 114 Å². The number of Topliss-reactive ketones (excluding diaryl/α,β-unsaturated/α-hetero) is 2. The van der Waals surface area contributed by atoms with Crippen molar-refractivity contribution in [1.29, 1.82) is 0 Å². The second-order valence-electron chi connectivity index (χ2n) is 28.0. The molecule has 6 fully saturated rings. The second kappa shape index (κ2) is 52.2. The fourth-order valence-corrected chi connectivity index (χ4v) is 14.5. The number of aryl methyl sites for hydroxylation is 6. The molecule has 0 aromatic heterocycles. The molecule has 3 aliphatic heterocycles. The van der Waals surface area contributed by atoms with E-state index in [1.54, 1.807) is 13.8 Å². The Labute approximate surface area is 591 Å². The minimum absolute atomic E-state index is 0. The molecule has 3 heterocycles. The molecule has 3 saturated heterocycles. The van der Waals surface area contributed by atoms with E-state index < -0.39 is 12.1 Å². The van der Waals surface area contributed by atoms with Crippen LogP contribution in [0, 0.1) is 47.3 Å². The average molecular weight is 1390 g/mol. The molecule has 5 unspecified atom stereocenters. The number of alkyl halides is 5. The lowest BCUT2D eigenvalue weighted by Crippen LogP contribution is -2.37. The van der Waals surface area contributed by atoms with Crippen molar-refractivity contribution in [3.8, 4) is 0 Å². The Morgan fingerprint density at radius 3 is 1.27 bits per heavy atom. The van der Waals surface area contributed by atoms with Gasteiger partial charge in [-0.3, -0.25) is 9.59 Å². The third-order valence-corrected chi connectivity index (χ3v) is 20.8. The lowest BCUT2D eigenvalue weighted by Gasteiger charge is -2.38. The highest BCUT2D eigenvalue weighted by molar-refractivity contribution is 6.40. The van der Waals surface area contributed by atoms with Crippen molar-refractivity contribution < 1.29 is 56.8 Å². The summed E-state index contributed by atoms with van der Waals surface area (Å²) in [6, 6.07) is 26.3. The van der Waals surface area contributed by atoms with Crippen molar-refractivity contribution >= 4 is 46.7 Å². The number of halogens is 5. The van der Waals surface area contributed by atoms with E-state index in [4.69, 9.17) is 47.3 Å². The predicted molar refractivity (Wildman–Crippen MR) is 392 cm³/mol. The second-order valence-corrected chi connectivity index (χ2v) is 28.8.